The Morgan fingerprint density at radius 3 is 2.29 bits per heavy atom. The van der Waals surface area contributed by atoms with E-state index in [2.05, 4.69) is 0 Å². The summed E-state index contributed by atoms with van der Waals surface area (Å²) in [5.74, 6) is 0.926. The van der Waals surface area contributed by atoms with Gasteiger partial charge in [-0.25, -0.2) is 0 Å². The Balaban J connectivity index is 1.88. The minimum Gasteiger partial charge on any atom is -0.463 e. The van der Waals surface area contributed by atoms with Gasteiger partial charge in [-0.1, -0.05) is 30.3 Å². The molecule has 0 aromatic heterocycles. The molecule has 0 N–H and O–H groups in total. The van der Waals surface area contributed by atoms with Crippen LogP contribution in [0.1, 0.15) is 6.93 Å². The fourth-order valence-electron chi connectivity index (χ4n) is 1.65. The van der Waals surface area contributed by atoms with E-state index >= 15 is 0 Å². The van der Waals surface area contributed by atoms with Crippen molar-refractivity contribution in [2.24, 2.45) is 0 Å². The van der Waals surface area contributed by atoms with E-state index in [9.17, 15) is 4.79 Å². The van der Waals surface area contributed by atoms with E-state index in [1.165, 1.54) is 0 Å². The van der Waals surface area contributed by atoms with Gasteiger partial charge >= 0.3 is 5.97 Å². The molecular formula is C16H14Cl2O3. The highest BCUT2D eigenvalue weighted by Gasteiger charge is 2.08. The van der Waals surface area contributed by atoms with Gasteiger partial charge in [0.2, 0.25) is 0 Å². The van der Waals surface area contributed by atoms with E-state index < -0.39 is 10.8 Å². The standard InChI is InChI=1S/C16H14Cl2O3/c17-15(18)11-20-16(19)10-12-6-8-14(9-7-12)21-13-4-2-1-3-5-13/h1-9,15H,10-11H2/i15D. The predicted molar refractivity (Wildman–Crippen MR) is 83.1 cm³/mol. The van der Waals surface area contributed by atoms with Gasteiger partial charge in [-0.2, -0.15) is 0 Å². The summed E-state index contributed by atoms with van der Waals surface area (Å²) in [6.07, 6.45) is 0.0788. The van der Waals surface area contributed by atoms with E-state index in [4.69, 9.17) is 34.0 Å². The fourth-order valence-corrected chi connectivity index (χ4v) is 1.76. The summed E-state index contributed by atoms with van der Waals surface area (Å²) in [5.41, 5.74) is 0.769. The molecule has 21 heavy (non-hydrogen) atoms. The number of hydrogen-bond donors (Lipinski definition) is 0. The molecule has 0 atom stereocenters. The lowest BCUT2D eigenvalue weighted by molar-refractivity contribution is -0.142. The zero-order valence-electron chi connectivity index (χ0n) is 12.1. The second kappa shape index (κ2) is 7.91. The highest BCUT2D eigenvalue weighted by atomic mass is 35.5. The molecule has 0 bridgehead atoms. The first-order chi connectivity index (χ1) is 10.4. The summed E-state index contributed by atoms with van der Waals surface area (Å²) in [5, 5.41) is 0. The molecule has 0 radical (unpaired) electrons. The molecule has 0 saturated heterocycles. The number of alkyl halides is 2. The van der Waals surface area contributed by atoms with Crippen molar-refractivity contribution in [1.29, 1.82) is 0 Å². The minimum atomic E-state index is -1.82. The largest absolute Gasteiger partial charge is 0.463 e. The van der Waals surface area contributed by atoms with Crippen LogP contribution in [0.4, 0.5) is 0 Å². The number of rotatable bonds is 6. The minimum absolute atomic E-state index is 0.0788. The Morgan fingerprint density at radius 1 is 1.05 bits per heavy atom. The predicted octanol–water partition coefficient (Wildman–Crippen LogP) is 4.37. The van der Waals surface area contributed by atoms with Gasteiger partial charge < -0.3 is 9.47 Å². The van der Waals surface area contributed by atoms with Gasteiger partial charge in [-0.15, -0.1) is 23.2 Å². The lowest BCUT2D eigenvalue weighted by Crippen LogP contribution is -2.12. The van der Waals surface area contributed by atoms with Crippen molar-refractivity contribution in [1.82, 2.24) is 0 Å². The number of hydrogen-bond acceptors (Lipinski definition) is 3. The number of esters is 1. The van der Waals surface area contributed by atoms with Gasteiger partial charge in [0.25, 0.3) is 0 Å². The summed E-state index contributed by atoms with van der Waals surface area (Å²) in [6.45, 7) is -0.371. The average Bonchev–Trinajstić information content (AvgIpc) is 2.48. The molecule has 0 aliphatic rings. The van der Waals surface area contributed by atoms with Crippen LogP contribution in [0.2, 0.25) is 0 Å². The molecule has 0 aliphatic carbocycles. The molecule has 3 nitrogen and oxygen atoms in total. The Hall–Kier alpha value is -1.71. The van der Waals surface area contributed by atoms with Crippen LogP contribution in [-0.2, 0) is 16.0 Å². The smallest absolute Gasteiger partial charge is 0.310 e. The number of carbonyl (C=O) groups excluding carboxylic acids is 1. The van der Waals surface area contributed by atoms with Gasteiger partial charge in [-0.05, 0) is 29.8 Å². The van der Waals surface area contributed by atoms with Gasteiger partial charge in [0.15, 0.2) is 0 Å². The summed E-state index contributed by atoms with van der Waals surface area (Å²) in [6, 6.07) is 16.5. The van der Waals surface area contributed by atoms with Crippen LogP contribution in [0, 0.1) is 0 Å². The third-order valence-electron chi connectivity index (χ3n) is 2.59. The number of halogens is 2. The maximum Gasteiger partial charge on any atom is 0.310 e. The number of carbonyl (C=O) groups is 1. The first kappa shape index (κ1) is 14.2. The van der Waals surface area contributed by atoms with Crippen LogP contribution >= 0.6 is 23.2 Å². The Bertz CT molecular complexity index is 610. The maximum atomic E-state index is 11.6. The SMILES string of the molecule is [2H]C(Cl)(Cl)COC(=O)Cc1ccc(Oc2ccccc2)cc1. The second-order valence-corrected chi connectivity index (χ2v) is 5.34. The van der Waals surface area contributed by atoms with Crippen molar-refractivity contribution in [2.75, 3.05) is 6.61 Å². The molecule has 110 valence electrons. The van der Waals surface area contributed by atoms with Crippen LogP contribution in [0.15, 0.2) is 54.6 Å². The average molecular weight is 326 g/mol. The maximum absolute atomic E-state index is 11.6. The first-order valence-electron chi connectivity index (χ1n) is 6.78. The zero-order chi connectivity index (χ0) is 16.0. The van der Waals surface area contributed by atoms with Crippen LogP contribution < -0.4 is 4.74 Å². The molecule has 0 heterocycles. The normalized spacial score (nSPS) is 11.6. The molecular weight excluding hydrogens is 311 g/mol. The molecule has 0 unspecified atom stereocenters. The molecule has 0 fully saturated rings. The highest BCUT2D eigenvalue weighted by Crippen LogP contribution is 2.21. The van der Waals surface area contributed by atoms with Crippen LogP contribution in [-0.4, -0.2) is 17.4 Å². The summed E-state index contributed by atoms with van der Waals surface area (Å²) in [4.78, 5) is 9.76. The van der Waals surface area contributed by atoms with Crippen molar-refractivity contribution < 1.29 is 15.6 Å². The zero-order valence-corrected chi connectivity index (χ0v) is 12.6. The van der Waals surface area contributed by atoms with Crippen molar-refractivity contribution in [3.05, 3.63) is 60.2 Å². The van der Waals surface area contributed by atoms with Crippen LogP contribution in [0.3, 0.4) is 0 Å². The molecule has 0 aliphatic heterocycles. The number of ether oxygens (including phenoxy) is 2. The molecule has 0 saturated carbocycles. The topological polar surface area (TPSA) is 35.5 Å². The molecule has 0 spiro atoms. The molecule has 2 aromatic carbocycles. The van der Waals surface area contributed by atoms with Gasteiger partial charge in [-0.3, -0.25) is 4.79 Å². The Kier molecular flexibility index (Phi) is 5.36. The Morgan fingerprint density at radius 2 is 1.67 bits per heavy atom. The number of benzene rings is 2. The van der Waals surface area contributed by atoms with Gasteiger partial charge in [0.1, 0.15) is 22.9 Å². The molecule has 2 aromatic rings. The van der Waals surface area contributed by atoms with E-state index in [-0.39, 0.29) is 13.0 Å². The third kappa shape index (κ3) is 5.66. The van der Waals surface area contributed by atoms with E-state index in [1.54, 1.807) is 24.3 Å². The quantitative estimate of drug-likeness (QED) is 0.584. The van der Waals surface area contributed by atoms with Crippen molar-refractivity contribution in [3.8, 4) is 11.5 Å². The molecule has 2 rings (SSSR count). The lowest BCUT2D eigenvalue weighted by Gasteiger charge is -2.07. The molecule has 5 heteroatoms. The van der Waals surface area contributed by atoms with E-state index in [0.717, 1.165) is 11.3 Å². The Labute approximate surface area is 134 Å². The van der Waals surface area contributed by atoms with Crippen LogP contribution in [0.25, 0.3) is 0 Å². The van der Waals surface area contributed by atoms with E-state index in [1.807, 2.05) is 30.3 Å². The van der Waals surface area contributed by atoms with Gasteiger partial charge in [0.05, 0.1) is 7.79 Å². The lowest BCUT2D eigenvalue weighted by atomic mass is 10.1. The van der Waals surface area contributed by atoms with Gasteiger partial charge in [0, 0.05) is 0 Å². The fraction of sp³-hybridized carbons (Fsp3) is 0.188. The summed E-state index contributed by atoms with van der Waals surface area (Å²) in [7, 11) is 0. The highest BCUT2D eigenvalue weighted by molar-refractivity contribution is 6.44. The van der Waals surface area contributed by atoms with Crippen molar-refractivity contribution in [3.63, 3.8) is 0 Å². The summed E-state index contributed by atoms with van der Waals surface area (Å²) >= 11 is 10.8. The first-order valence-corrected chi connectivity index (χ1v) is 7.03. The number of para-hydroxylation sites is 1. The second-order valence-electron chi connectivity index (χ2n) is 4.24. The third-order valence-corrected chi connectivity index (χ3v) is 2.81. The monoisotopic (exact) mass is 325 g/mol. The van der Waals surface area contributed by atoms with Crippen LogP contribution in [0.5, 0.6) is 11.5 Å². The van der Waals surface area contributed by atoms with Crippen molar-refractivity contribution >= 4 is 29.2 Å². The summed E-state index contributed by atoms with van der Waals surface area (Å²) < 4.78 is 17.6. The van der Waals surface area contributed by atoms with Crippen molar-refractivity contribution in [2.45, 2.75) is 11.2 Å². The molecule has 0 amide bonds. The van der Waals surface area contributed by atoms with E-state index in [0.29, 0.717) is 5.75 Å².